The van der Waals surface area contributed by atoms with Gasteiger partial charge in [0, 0.05) is 17.8 Å². The number of carboxylic acids is 1. The van der Waals surface area contributed by atoms with Crippen molar-refractivity contribution < 1.29 is 58.9 Å². The van der Waals surface area contributed by atoms with E-state index in [0.29, 0.717) is 43.8 Å². The minimum atomic E-state index is -1.09. The molecule has 0 aromatic rings. The summed E-state index contributed by atoms with van der Waals surface area (Å²) in [6.45, 7) is 5.63. The molecule has 326 valence electrons. The Hall–Kier alpha value is -1.94. The summed E-state index contributed by atoms with van der Waals surface area (Å²) in [5, 5.41) is 39.8. The fourth-order valence-electron chi connectivity index (χ4n) is 11.5. The van der Waals surface area contributed by atoms with Gasteiger partial charge in [0.15, 0.2) is 0 Å². The quantitative estimate of drug-likeness (QED) is 0.0595. The number of hydrogen-bond acceptors (Lipinski definition) is 12. The van der Waals surface area contributed by atoms with Crippen molar-refractivity contribution in [1.82, 2.24) is 0 Å². The van der Waals surface area contributed by atoms with Gasteiger partial charge in [-0.1, -0.05) is 13.8 Å². The van der Waals surface area contributed by atoms with Crippen molar-refractivity contribution in [3.63, 3.8) is 0 Å². The molecular weight excluding hydrogens is 738 g/mol. The molecule has 0 aromatic heterocycles. The second-order valence-corrected chi connectivity index (χ2v) is 19.2. The Bertz CT molecular complexity index is 1270. The third-order valence-corrected chi connectivity index (χ3v) is 15.4. The van der Waals surface area contributed by atoms with E-state index in [1.165, 1.54) is 25.7 Å². The third-order valence-electron chi connectivity index (χ3n) is 15.4. The lowest BCUT2D eigenvalue weighted by molar-refractivity contribution is -0.528. The van der Waals surface area contributed by atoms with E-state index >= 15 is 0 Å². The highest BCUT2D eigenvalue weighted by atomic mass is 17.2. The van der Waals surface area contributed by atoms with E-state index in [4.69, 9.17) is 29.2 Å². The average Bonchev–Trinajstić information content (AvgIpc) is 3.20. The molecule has 6 aliphatic carbocycles. The number of carboxylic acid groups (broad SMARTS) is 1. The second kappa shape index (κ2) is 21.0. The number of carbonyl (C=O) groups excluding carboxylic acids is 1. The van der Waals surface area contributed by atoms with Crippen molar-refractivity contribution in [1.29, 1.82) is 0 Å². The maximum absolute atomic E-state index is 13.0. The molecule has 0 bridgehead atoms. The molecule has 57 heavy (non-hydrogen) atoms. The van der Waals surface area contributed by atoms with E-state index in [0.717, 1.165) is 77.0 Å². The predicted molar refractivity (Wildman–Crippen MR) is 207 cm³/mol. The highest BCUT2D eigenvalue weighted by Gasteiger charge is 2.46. The van der Waals surface area contributed by atoms with Gasteiger partial charge in [-0.2, -0.15) is 0 Å². The van der Waals surface area contributed by atoms with Crippen molar-refractivity contribution in [2.45, 2.75) is 204 Å². The molecule has 14 nitrogen and oxygen atoms in total. The Labute approximate surface area is 338 Å². The van der Waals surface area contributed by atoms with Gasteiger partial charge < -0.3 is 24.4 Å². The number of nitro groups is 1. The van der Waals surface area contributed by atoms with Gasteiger partial charge in [-0.15, -0.1) is 0 Å². The first kappa shape index (κ1) is 44.6. The summed E-state index contributed by atoms with van der Waals surface area (Å²) < 4.78 is 19.0. The average molecular weight is 810 g/mol. The smallest absolute Gasteiger partial charge is 0.310 e. The molecule has 3 N–H and O–H groups in total. The molecule has 0 heterocycles. The fourth-order valence-corrected chi connectivity index (χ4v) is 11.5. The Morgan fingerprint density at radius 3 is 1.65 bits per heavy atom. The van der Waals surface area contributed by atoms with Gasteiger partial charge in [0.1, 0.15) is 6.10 Å². The van der Waals surface area contributed by atoms with Gasteiger partial charge in [0.05, 0.1) is 61.7 Å². The monoisotopic (exact) mass is 809 g/mol. The number of aliphatic hydroxyl groups excluding tert-OH is 1. The number of aliphatic carboxylic acids is 1. The molecule has 6 saturated carbocycles. The van der Waals surface area contributed by atoms with Crippen molar-refractivity contribution in [3.8, 4) is 0 Å². The van der Waals surface area contributed by atoms with Crippen LogP contribution in [0.15, 0.2) is 0 Å². The summed E-state index contributed by atoms with van der Waals surface area (Å²) in [7, 11) is 0. The van der Waals surface area contributed by atoms with E-state index in [2.05, 4.69) is 18.7 Å². The minimum absolute atomic E-state index is 0.0679. The molecule has 6 unspecified atom stereocenters. The van der Waals surface area contributed by atoms with E-state index in [1.807, 2.05) is 0 Å². The lowest BCUT2D eigenvalue weighted by Gasteiger charge is -2.47. The summed E-state index contributed by atoms with van der Waals surface area (Å²) >= 11 is 0. The highest BCUT2D eigenvalue weighted by Crippen LogP contribution is 2.49. The zero-order chi connectivity index (χ0) is 40.5. The molecule has 0 aromatic carbocycles. The van der Waals surface area contributed by atoms with Gasteiger partial charge in [-0.25, -0.2) is 14.7 Å². The number of esters is 1. The number of rotatable bonds is 16. The van der Waals surface area contributed by atoms with Crippen LogP contribution in [0.4, 0.5) is 0 Å². The molecular formula is C43H71NO13. The molecule has 6 fully saturated rings. The Morgan fingerprint density at radius 2 is 1.14 bits per heavy atom. The van der Waals surface area contributed by atoms with Crippen molar-refractivity contribution >= 4 is 11.9 Å². The zero-order valence-electron chi connectivity index (χ0n) is 34.4. The first-order valence-electron chi connectivity index (χ1n) is 22.5. The Balaban J connectivity index is 0.829. The van der Waals surface area contributed by atoms with Gasteiger partial charge in [-0.3, -0.25) is 25.0 Å². The maximum atomic E-state index is 13.0. The van der Waals surface area contributed by atoms with Gasteiger partial charge in [0.25, 0.3) is 0 Å². The van der Waals surface area contributed by atoms with Crippen LogP contribution in [0.1, 0.15) is 155 Å². The van der Waals surface area contributed by atoms with Crippen LogP contribution in [0.3, 0.4) is 0 Å². The SMILES string of the molecule is CC(C)(C1CCC(OC2CCC(OOCC3CCC(O)CC3COO)CC2)CC1)C1CCC(OC2CCC(OC(=O)C3CC([N+](=O)[O-])CCC3C(=O)O)CC2)CC1. The standard InChI is InChI=1S/C43H71NO13/c1-43(2,30-6-12-34(13-7-30)55-36-18-20-38(21-19-36)57-53-26-27-3-9-32(45)23-28(27)25-52-51)29-4-10-33(11-5-29)54-35-14-16-37(17-15-35)56-42(48)40-24-31(44(49)50)8-22-39(40)41(46)47/h27-40,45,51H,3-26H2,1-2H3,(H,46,47). The molecule has 14 heteroatoms. The molecule has 0 saturated heterocycles. The van der Waals surface area contributed by atoms with Crippen LogP contribution in [0.5, 0.6) is 0 Å². The van der Waals surface area contributed by atoms with Crippen LogP contribution in [0.2, 0.25) is 0 Å². The number of carbonyl (C=O) groups is 2. The fraction of sp³-hybridized carbons (Fsp3) is 0.953. The van der Waals surface area contributed by atoms with Gasteiger partial charge >= 0.3 is 11.9 Å². The topological polar surface area (TPSA) is 193 Å². The Morgan fingerprint density at radius 1 is 0.632 bits per heavy atom. The molecule has 6 rings (SSSR count). The predicted octanol–water partition coefficient (Wildman–Crippen LogP) is 7.69. The lowest BCUT2D eigenvalue weighted by Crippen LogP contribution is -2.42. The van der Waals surface area contributed by atoms with Gasteiger partial charge in [0.2, 0.25) is 6.04 Å². The summed E-state index contributed by atoms with van der Waals surface area (Å²) in [5.41, 5.74) is 0.271. The number of aliphatic hydroxyl groups is 1. The number of nitrogens with zero attached hydrogens (tertiary/aromatic N) is 1. The minimum Gasteiger partial charge on any atom is -0.481 e. The van der Waals surface area contributed by atoms with Crippen molar-refractivity contribution in [2.75, 3.05) is 13.2 Å². The van der Waals surface area contributed by atoms with E-state index in [-0.39, 0.29) is 79.7 Å². The molecule has 6 atom stereocenters. The van der Waals surface area contributed by atoms with E-state index < -0.39 is 34.7 Å². The third kappa shape index (κ3) is 12.3. The van der Waals surface area contributed by atoms with E-state index in [9.17, 15) is 29.9 Å². The maximum Gasteiger partial charge on any atom is 0.310 e. The summed E-state index contributed by atoms with van der Waals surface area (Å²) in [4.78, 5) is 51.6. The van der Waals surface area contributed by atoms with Crippen LogP contribution in [0, 0.1) is 51.0 Å². The highest BCUT2D eigenvalue weighted by molar-refractivity contribution is 5.81. The molecule has 0 spiro atoms. The second-order valence-electron chi connectivity index (χ2n) is 19.2. The van der Waals surface area contributed by atoms with Crippen LogP contribution >= 0.6 is 0 Å². The normalized spacial score (nSPS) is 39.6. The van der Waals surface area contributed by atoms with Crippen LogP contribution in [-0.4, -0.2) is 94.3 Å². The molecule has 0 amide bonds. The van der Waals surface area contributed by atoms with Crippen LogP contribution in [0.25, 0.3) is 0 Å². The Kier molecular flexibility index (Phi) is 16.5. The number of hydrogen-bond donors (Lipinski definition) is 3. The lowest BCUT2D eigenvalue weighted by atomic mass is 9.60. The largest absolute Gasteiger partial charge is 0.481 e. The summed E-state index contributed by atoms with van der Waals surface area (Å²) in [6.07, 6.45) is 18.7. The van der Waals surface area contributed by atoms with E-state index in [1.54, 1.807) is 0 Å². The van der Waals surface area contributed by atoms with Gasteiger partial charge in [-0.05, 0) is 158 Å². The zero-order valence-corrected chi connectivity index (χ0v) is 34.4. The van der Waals surface area contributed by atoms with Crippen molar-refractivity contribution in [3.05, 3.63) is 10.1 Å². The van der Waals surface area contributed by atoms with Crippen LogP contribution in [-0.2, 0) is 38.5 Å². The van der Waals surface area contributed by atoms with Crippen molar-refractivity contribution in [2.24, 2.45) is 40.9 Å². The molecule has 0 aliphatic heterocycles. The molecule has 6 aliphatic rings. The molecule has 0 radical (unpaired) electrons. The first-order chi connectivity index (χ1) is 27.4. The summed E-state index contributed by atoms with van der Waals surface area (Å²) in [6, 6.07) is -0.900. The first-order valence-corrected chi connectivity index (χ1v) is 22.5. The van der Waals surface area contributed by atoms with Crippen LogP contribution < -0.4 is 0 Å². The summed E-state index contributed by atoms with van der Waals surface area (Å²) in [5.74, 6) is -1.94. The number of ether oxygens (including phenoxy) is 3.